The fraction of sp³-hybridized carbons (Fsp3) is 0.429. The van der Waals surface area contributed by atoms with Gasteiger partial charge >= 0.3 is 5.97 Å². The van der Waals surface area contributed by atoms with Gasteiger partial charge in [0.25, 0.3) is 0 Å². The number of imidazole rings is 1. The zero-order valence-electron chi connectivity index (χ0n) is 11.5. The average molecular weight is 261 g/mol. The fourth-order valence-corrected chi connectivity index (χ4v) is 1.86. The topological polar surface area (TPSA) is 56.2 Å². The average Bonchev–Trinajstić information content (AvgIpc) is 2.75. The van der Waals surface area contributed by atoms with E-state index in [1.807, 2.05) is 42.7 Å². The highest BCUT2D eigenvalue weighted by molar-refractivity contribution is 5.81. The van der Waals surface area contributed by atoms with E-state index in [4.69, 9.17) is 4.74 Å². The number of nitrogens with zero attached hydrogens (tertiary/aromatic N) is 2. The number of hydrogen-bond donors (Lipinski definition) is 1. The minimum absolute atomic E-state index is 0.170. The Morgan fingerprint density at radius 2 is 2.16 bits per heavy atom. The van der Waals surface area contributed by atoms with Crippen LogP contribution in [0.15, 0.2) is 24.3 Å². The first-order valence-electron chi connectivity index (χ1n) is 6.40. The third-order valence-electron chi connectivity index (χ3n) is 2.74. The molecule has 1 aromatic carbocycles. The van der Waals surface area contributed by atoms with Crippen LogP contribution >= 0.6 is 0 Å². The lowest BCUT2D eigenvalue weighted by molar-refractivity contribution is -0.145. The molecule has 2 aromatic rings. The van der Waals surface area contributed by atoms with Crippen LogP contribution in [-0.4, -0.2) is 29.2 Å². The first kappa shape index (κ1) is 13.4. The summed E-state index contributed by atoms with van der Waals surface area (Å²) in [6.07, 6.45) is 0. The molecule has 19 heavy (non-hydrogen) atoms. The number of para-hydroxylation sites is 2. The fourth-order valence-electron chi connectivity index (χ4n) is 1.86. The molecule has 0 aliphatic rings. The van der Waals surface area contributed by atoms with E-state index in [0.717, 1.165) is 11.0 Å². The molecular formula is C14H19N3O2. The first-order valence-corrected chi connectivity index (χ1v) is 6.40. The third-order valence-corrected chi connectivity index (χ3v) is 2.74. The van der Waals surface area contributed by atoms with E-state index in [1.54, 1.807) is 7.05 Å². The molecule has 0 atom stereocenters. The van der Waals surface area contributed by atoms with Gasteiger partial charge in [-0.1, -0.05) is 26.0 Å². The number of rotatable bonds is 5. The molecule has 102 valence electrons. The highest BCUT2D eigenvalue weighted by Gasteiger charge is 2.13. The van der Waals surface area contributed by atoms with Gasteiger partial charge in [-0.25, -0.2) is 4.98 Å². The largest absolute Gasteiger partial charge is 0.464 e. The SMILES string of the molecule is CNc1nc2ccccc2n1CC(=O)OCC(C)C. The van der Waals surface area contributed by atoms with Crippen molar-refractivity contribution in [3.8, 4) is 0 Å². The van der Waals surface area contributed by atoms with Gasteiger partial charge in [0.2, 0.25) is 5.95 Å². The lowest BCUT2D eigenvalue weighted by Gasteiger charge is -2.10. The molecule has 1 N–H and O–H groups in total. The molecule has 0 amide bonds. The lowest BCUT2D eigenvalue weighted by atomic mass is 10.2. The number of nitrogens with one attached hydrogen (secondary N) is 1. The van der Waals surface area contributed by atoms with Crippen LogP contribution in [0.5, 0.6) is 0 Å². The van der Waals surface area contributed by atoms with Crippen molar-refractivity contribution in [1.82, 2.24) is 9.55 Å². The molecule has 0 unspecified atom stereocenters. The second kappa shape index (κ2) is 5.73. The van der Waals surface area contributed by atoms with Crippen LogP contribution in [0.25, 0.3) is 11.0 Å². The Morgan fingerprint density at radius 3 is 2.84 bits per heavy atom. The van der Waals surface area contributed by atoms with Crippen LogP contribution in [0.1, 0.15) is 13.8 Å². The number of fused-ring (bicyclic) bond motifs is 1. The molecule has 5 heteroatoms. The van der Waals surface area contributed by atoms with Gasteiger partial charge in [0.05, 0.1) is 17.6 Å². The van der Waals surface area contributed by atoms with Crippen molar-refractivity contribution in [2.45, 2.75) is 20.4 Å². The van der Waals surface area contributed by atoms with Gasteiger partial charge in [0.15, 0.2) is 0 Å². The molecule has 0 radical (unpaired) electrons. The summed E-state index contributed by atoms with van der Waals surface area (Å²) in [5, 5.41) is 3.00. The second-order valence-electron chi connectivity index (χ2n) is 4.84. The van der Waals surface area contributed by atoms with Crippen molar-refractivity contribution in [3.05, 3.63) is 24.3 Å². The van der Waals surface area contributed by atoms with E-state index in [1.165, 1.54) is 0 Å². The summed E-state index contributed by atoms with van der Waals surface area (Å²) >= 11 is 0. The molecular weight excluding hydrogens is 242 g/mol. The number of carbonyl (C=O) groups is 1. The maximum Gasteiger partial charge on any atom is 0.326 e. The molecule has 5 nitrogen and oxygen atoms in total. The van der Waals surface area contributed by atoms with Crippen LogP contribution in [0.3, 0.4) is 0 Å². The molecule has 1 aromatic heterocycles. The normalized spacial score (nSPS) is 10.9. The second-order valence-corrected chi connectivity index (χ2v) is 4.84. The van der Waals surface area contributed by atoms with E-state index in [-0.39, 0.29) is 12.5 Å². The summed E-state index contributed by atoms with van der Waals surface area (Å²) < 4.78 is 7.04. The molecule has 0 fully saturated rings. The Bertz CT molecular complexity index is 575. The number of esters is 1. The van der Waals surface area contributed by atoms with E-state index in [0.29, 0.717) is 18.5 Å². The summed E-state index contributed by atoms with van der Waals surface area (Å²) in [6.45, 7) is 4.64. The molecule has 0 spiro atoms. The molecule has 0 saturated carbocycles. The monoisotopic (exact) mass is 261 g/mol. The maximum atomic E-state index is 11.8. The first-order chi connectivity index (χ1) is 9.11. The van der Waals surface area contributed by atoms with E-state index in [2.05, 4.69) is 10.3 Å². The zero-order chi connectivity index (χ0) is 13.8. The number of hydrogen-bond acceptors (Lipinski definition) is 4. The summed E-state index contributed by atoms with van der Waals surface area (Å²) in [6, 6.07) is 7.72. The minimum atomic E-state index is -0.242. The van der Waals surface area contributed by atoms with E-state index in [9.17, 15) is 4.79 Å². The summed E-state index contributed by atoms with van der Waals surface area (Å²) in [5.41, 5.74) is 1.79. The number of benzene rings is 1. The van der Waals surface area contributed by atoms with Gasteiger partial charge < -0.3 is 10.1 Å². The quantitative estimate of drug-likeness (QED) is 0.839. The highest BCUT2D eigenvalue weighted by Crippen LogP contribution is 2.19. The summed E-state index contributed by atoms with van der Waals surface area (Å²) in [5.74, 6) is 0.767. The number of ether oxygens (including phenoxy) is 1. The van der Waals surface area contributed by atoms with Crippen molar-refractivity contribution in [3.63, 3.8) is 0 Å². The van der Waals surface area contributed by atoms with E-state index >= 15 is 0 Å². The minimum Gasteiger partial charge on any atom is -0.464 e. The van der Waals surface area contributed by atoms with Crippen molar-refractivity contribution in [1.29, 1.82) is 0 Å². The number of aromatic nitrogens is 2. The standard InChI is InChI=1S/C14H19N3O2/c1-10(2)9-19-13(18)8-17-12-7-5-4-6-11(12)16-14(17)15-3/h4-7,10H,8-9H2,1-3H3,(H,15,16). The van der Waals surface area contributed by atoms with Gasteiger partial charge in [-0.05, 0) is 18.1 Å². The van der Waals surface area contributed by atoms with Crippen molar-refractivity contribution < 1.29 is 9.53 Å². The van der Waals surface area contributed by atoms with Crippen molar-refractivity contribution in [2.24, 2.45) is 5.92 Å². The summed E-state index contributed by atoms with van der Waals surface area (Å²) in [4.78, 5) is 16.3. The molecule has 0 aliphatic carbocycles. The molecule has 0 aliphatic heterocycles. The summed E-state index contributed by atoms with van der Waals surface area (Å²) in [7, 11) is 1.79. The van der Waals surface area contributed by atoms with Gasteiger partial charge in [-0.2, -0.15) is 0 Å². The predicted octanol–water partition coefficient (Wildman–Crippen LogP) is 2.28. The van der Waals surface area contributed by atoms with Crippen molar-refractivity contribution in [2.75, 3.05) is 19.0 Å². The predicted molar refractivity (Wildman–Crippen MR) is 75.1 cm³/mol. The van der Waals surface area contributed by atoms with Gasteiger partial charge in [0.1, 0.15) is 6.54 Å². The van der Waals surface area contributed by atoms with Gasteiger partial charge in [-0.15, -0.1) is 0 Å². The number of anilines is 1. The van der Waals surface area contributed by atoms with E-state index < -0.39 is 0 Å². The maximum absolute atomic E-state index is 11.8. The smallest absolute Gasteiger partial charge is 0.326 e. The zero-order valence-corrected chi connectivity index (χ0v) is 11.5. The number of carbonyl (C=O) groups excluding carboxylic acids is 1. The van der Waals surface area contributed by atoms with Gasteiger partial charge in [-0.3, -0.25) is 9.36 Å². The lowest BCUT2D eigenvalue weighted by Crippen LogP contribution is -2.17. The highest BCUT2D eigenvalue weighted by atomic mass is 16.5. The van der Waals surface area contributed by atoms with Crippen LogP contribution in [-0.2, 0) is 16.1 Å². The molecule has 1 heterocycles. The van der Waals surface area contributed by atoms with Gasteiger partial charge in [0, 0.05) is 7.05 Å². The third kappa shape index (κ3) is 3.05. The molecule has 0 bridgehead atoms. The Morgan fingerprint density at radius 1 is 1.42 bits per heavy atom. The Hall–Kier alpha value is -2.04. The van der Waals surface area contributed by atoms with Crippen LogP contribution in [0.2, 0.25) is 0 Å². The molecule has 2 rings (SSSR count). The Balaban J connectivity index is 2.21. The molecule has 0 saturated heterocycles. The Kier molecular flexibility index (Phi) is 4.04. The van der Waals surface area contributed by atoms with Crippen LogP contribution in [0, 0.1) is 5.92 Å². The van der Waals surface area contributed by atoms with Crippen molar-refractivity contribution >= 4 is 23.0 Å². The van der Waals surface area contributed by atoms with Crippen LogP contribution in [0.4, 0.5) is 5.95 Å². The van der Waals surface area contributed by atoms with Crippen LogP contribution < -0.4 is 5.32 Å². The Labute approximate surface area is 112 Å².